The number of nitrogens with zero attached hydrogens (tertiary/aromatic N) is 1. The monoisotopic (exact) mass is 246 g/mol. The molecule has 0 fully saturated rings. The molecule has 0 spiro atoms. The zero-order chi connectivity index (χ0) is 13.0. The number of ether oxygens (including phenoxy) is 1. The van der Waals surface area contributed by atoms with E-state index in [1.807, 2.05) is 25.1 Å². The van der Waals surface area contributed by atoms with E-state index in [9.17, 15) is 4.39 Å². The summed E-state index contributed by atoms with van der Waals surface area (Å²) in [5.41, 5.74) is 2.33. The van der Waals surface area contributed by atoms with Crippen molar-refractivity contribution in [1.29, 1.82) is 0 Å². The minimum atomic E-state index is -0.303. The van der Waals surface area contributed by atoms with Crippen LogP contribution in [0.15, 0.2) is 36.7 Å². The molecule has 0 bridgehead atoms. The van der Waals surface area contributed by atoms with Gasteiger partial charge in [0.2, 0.25) is 0 Å². The van der Waals surface area contributed by atoms with Crippen molar-refractivity contribution in [2.45, 2.75) is 13.5 Å². The first-order valence-electron chi connectivity index (χ1n) is 5.70. The second kappa shape index (κ2) is 5.49. The lowest BCUT2D eigenvalue weighted by Gasteiger charge is -2.11. The third kappa shape index (κ3) is 2.77. The van der Waals surface area contributed by atoms with Crippen molar-refractivity contribution in [1.82, 2.24) is 4.98 Å². The van der Waals surface area contributed by atoms with Crippen LogP contribution in [-0.4, -0.2) is 12.0 Å². The minimum Gasteiger partial charge on any atom is -0.489 e. The van der Waals surface area contributed by atoms with Crippen LogP contribution in [0.25, 0.3) is 0 Å². The molecule has 0 aliphatic heterocycles. The largest absolute Gasteiger partial charge is 0.489 e. The van der Waals surface area contributed by atoms with Crippen LogP contribution in [0, 0.1) is 12.7 Å². The van der Waals surface area contributed by atoms with E-state index in [-0.39, 0.29) is 5.82 Å². The fourth-order valence-corrected chi connectivity index (χ4v) is 1.76. The van der Waals surface area contributed by atoms with Gasteiger partial charge in [0.25, 0.3) is 0 Å². The zero-order valence-electron chi connectivity index (χ0n) is 10.4. The Bertz CT molecular complexity index is 506. The van der Waals surface area contributed by atoms with Crippen molar-refractivity contribution >= 4 is 5.69 Å². The summed E-state index contributed by atoms with van der Waals surface area (Å²) in [6, 6.07) is 6.94. The molecule has 0 aliphatic carbocycles. The molecule has 1 aromatic heterocycles. The summed E-state index contributed by atoms with van der Waals surface area (Å²) in [6.45, 7) is 2.24. The van der Waals surface area contributed by atoms with E-state index < -0.39 is 0 Å². The zero-order valence-corrected chi connectivity index (χ0v) is 10.4. The first-order valence-corrected chi connectivity index (χ1v) is 5.70. The van der Waals surface area contributed by atoms with Gasteiger partial charge in [-0.1, -0.05) is 0 Å². The maximum Gasteiger partial charge on any atom is 0.150 e. The quantitative estimate of drug-likeness (QED) is 0.899. The van der Waals surface area contributed by atoms with E-state index in [1.54, 1.807) is 19.4 Å². The maximum absolute atomic E-state index is 13.7. The van der Waals surface area contributed by atoms with Gasteiger partial charge in [-0.05, 0) is 36.2 Å². The molecular formula is C14H15FN2O. The van der Waals surface area contributed by atoms with Crippen molar-refractivity contribution in [2.75, 3.05) is 12.4 Å². The Morgan fingerprint density at radius 1 is 1.28 bits per heavy atom. The Kier molecular flexibility index (Phi) is 3.77. The van der Waals surface area contributed by atoms with Gasteiger partial charge in [-0.15, -0.1) is 0 Å². The van der Waals surface area contributed by atoms with Gasteiger partial charge in [0.1, 0.15) is 18.2 Å². The molecule has 0 radical (unpaired) electrons. The van der Waals surface area contributed by atoms with Crippen molar-refractivity contribution in [3.63, 3.8) is 0 Å². The van der Waals surface area contributed by atoms with E-state index in [0.717, 1.165) is 11.1 Å². The second-order valence-corrected chi connectivity index (χ2v) is 3.99. The van der Waals surface area contributed by atoms with Gasteiger partial charge in [-0.3, -0.25) is 4.98 Å². The Morgan fingerprint density at radius 3 is 2.61 bits per heavy atom. The van der Waals surface area contributed by atoms with Crippen LogP contribution in [0.5, 0.6) is 5.75 Å². The molecule has 4 heteroatoms. The van der Waals surface area contributed by atoms with Crippen LogP contribution >= 0.6 is 0 Å². The lowest BCUT2D eigenvalue weighted by molar-refractivity contribution is 0.304. The van der Waals surface area contributed by atoms with E-state index in [0.29, 0.717) is 18.0 Å². The Morgan fingerprint density at radius 2 is 2.00 bits per heavy atom. The summed E-state index contributed by atoms with van der Waals surface area (Å²) in [5, 5.41) is 2.83. The van der Waals surface area contributed by atoms with Gasteiger partial charge in [0.15, 0.2) is 0 Å². The first kappa shape index (κ1) is 12.4. The predicted molar refractivity (Wildman–Crippen MR) is 69.3 cm³/mol. The Labute approximate surface area is 106 Å². The molecule has 1 N–H and O–H groups in total. The van der Waals surface area contributed by atoms with Crippen LogP contribution in [0.3, 0.4) is 0 Å². The van der Waals surface area contributed by atoms with E-state index in [2.05, 4.69) is 10.3 Å². The highest BCUT2D eigenvalue weighted by Gasteiger charge is 2.07. The number of anilines is 1. The summed E-state index contributed by atoms with van der Waals surface area (Å²) >= 11 is 0. The normalized spacial score (nSPS) is 10.2. The molecule has 0 unspecified atom stereocenters. The molecule has 1 heterocycles. The van der Waals surface area contributed by atoms with Gasteiger partial charge in [-0.2, -0.15) is 0 Å². The number of hydrogen-bond donors (Lipinski definition) is 1. The molecule has 0 atom stereocenters. The first-order chi connectivity index (χ1) is 8.70. The van der Waals surface area contributed by atoms with Crippen molar-refractivity contribution in [3.05, 3.63) is 53.6 Å². The molecule has 94 valence electrons. The predicted octanol–water partition coefficient (Wildman–Crippen LogP) is 3.15. The topological polar surface area (TPSA) is 34.1 Å². The number of aromatic nitrogens is 1. The molecule has 2 aromatic rings. The van der Waals surface area contributed by atoms with Crippen LogP contribution in [-0.2, 0) is 6.61 Å². The number of hydrogen-bond acceptors (Lipinski definition) is 3. The lowest BCUT2D eigenvalue weighted by Crippen LogP contribution is -2.00. The Balaban J connectivity index is 2.11. The third-order valence-corrected chi connectivity index (χ3v) is 2.67. The van der Waals surface area contributed by atoms with Crippen LogP contribution in [0.1, 0.15) is 11.1 Å². The number of benzene rings is 1. The van der Waals surface area contributed by atoms with Crippen LogP contribution < -0.4 is 10.1 Å². The Hall–Kier alpha value is -2.10. The van der Waals surface area contributed by atoms with Crippen LogP contribution in [0.2, 0.25) is 0 Å². The summed E-state index contributed by atoms with van der Waals surface area (Å²) in [7, 11) is 1.70. The van der Waals surface area contributed by atoms with Crippen molar-refractivity contribution < 1.29 is 9.13 Å². The van der Waals surface area contributed by atoms with E-state index in [4.69, 9.17) is 4.74 Å². The minimum absolute atomic E-state index is 0.303. The standard InChI is InChI=1S/C14H15FN2O/c1-10-7-12(8-13(15)14(10)16-2)18-9-11-3-5-17-6-4-11/h3-8,16H,9H2,1-2H3. The summed E-state index contributed by atoms with van der Waals surface area (Å²) in [4.78, 5) is 3.93. The molecule has 0 amide bonds. The van der Waals surface area contributed by atoms with E-state index >= 15 is 0 Å². The molecular weight excluding hydrogens is 231 g/mol. The molecule has 18 heavy (non-hydrogen) atoms. The number of pyridine rings is 1. The van der Waals surface area contributed by atoms with E-state index in [1.165, 1.54) is 6.07 Å². The summed E-state index contributed by atoms with van der Waals surface area (Å²) in [5.74, 6) is 0.225. The van der Waals surface area contributed by atoms with Gasteiger partial charge < -0.3 is 10.1 Å². The number of halogens is 1. The summed E-state index contributed by atoms with van der Waals surface area (Å²) in [6.07, 6.45) is 3.41. The molecule has 0 saturated carbocycles. The van der Waals surface area contributed by atoms with Gasteiger partial charge >= 0.3 is 0 Å². The summed E-state index contributed by atoms with van der Waals surface area (Å²) < 4.78 is 19.2. The second-order valence-electron chi connectivity index (χ2n) is 3.99. The molecule has 0 aliphatic rings. The highest BCUT2D eigenvalue weighted by molar-refractivity contribution is 5.54. The highest BCUT2D eigenvalue weighted by atomic mass is 19.1. The number of nitrogens with one attached hydrogen (secondary N) is 1. The van der Waals surface area contributed by atoms with Crippen LogP contribution in [0.4, 0.5) is 10.1 Å². The smallest absolute Gasteiger partial charge is 0.150 e. The average molecular weight is 246 g/mol. The third-order valence-electron chi connectivity index (χ3n) is 2.67. The fraction of sp³-hybridized carbons (Fsp3) is 0.214. The lowest BCUT2D eigenvalue weighted by atomic mass is 10.2. The molecule has 1 aromatic carbocycles. The van der Waals surface area contributed by atoms with Crippen molar-refractivity contribution in [2.24, 2.45) is 0 Å². The van der Waals surface area contributed by atoms with Gasteiger partial charge in [0, 0.05) is 25.5 Å². The van der Waals surface area contributed by atoms with Gasteiger partial charge in [-0.25, -0.2) is 4.39 Å². The average Bonchev–Trinajstić information content (AvgIpc) is 2.37. The molecule has 2 rings (SSSR count). The SMILES string of the molecule is CNc1c(C)cc(OCc2ccncc2)cc1F. The fourth-order valence-electron chi connectivity index (χ4n) is 1.76. The number of aryl methyl sites for hydroxylation is 1. The number of rotatable bonds is 4. The maximum atomic E-state index is 13.7. The van der Waals surface area contributed by atoms with Crippen molar-refractivity contribution in [3.8, 4) is 5.75 Å². The molecule has 3 nitrogen and oxygen atoms in total. The highest BCUT2D eigenvalue weighted by Crippen LogP contribution is 2.25. The van der Waals surface area contributed by atoms with Gasteiger partial charge in [0.05, 0.1) is 5.69 Å². The molecule has 0 saturated heterocycles.